The standard InChI is InChI=1S/C29H32N2O10S/c1-7-20-12-22(19-8-10-21(36-6)11-9-19)23(13-30)29(42)31(20)28-27(40-18(5)35)26(39-17(4)34)25(38-16(3)33)24(41-28)14-37-15(2)32/h8-12,24-28H,7,14H2,1-6H3/t24-,25+,26+,27-,28-/m0/s1. The van der Waals surface area contributed by atoms with Crippen molar-refractivity contribution in [2.45, 2.75) is 71.7 Å². The zero-order valence-electron chi connectivity index (χ0n) is 24.1. The molecule has 0 bridgehead atoms. The van der Waals surface area contributed by atoms with Crippen LogP contribution in [0.2, 0.25) is 0 Å². The summed E-state index contributed by atoms with van der Waals surface area (Å²) < 4.78 is 34.9. The molecule has 224 valence electrons. The lowest BCUT2D eigenvalue weighted by atomic mass is 9.95. The van der Waals surface area contributed by atoms with Crippen molar-refractivity contribution in [2.24, 2.45) is 0 Å². The summed E-state index contributed by atoms with van der Waals surface area (Å²) in [6.07, 6.45) is -6.12. The maximum absolute atomic E-state index is 12.3. The highest BCUT2D eigenvalue weighted by Gasteiger charge is 2.53. The molecule has 2 aromatic rings. The molecular weight excluding hydrogens is 568 g/mol. The number of aryl methyl sites for hydroxylation is 1. The first-order valence-corrected chi connectivity index (χ1v) is 13.5. The molecule has 5 atom stereocenters. The number of nitrogens with zero attached hydrogens (tertiary/aromatic N) is 2. The summed E-state index contributed by atoms with van der Waals surface area (Å²) in [5.41, 5.74) is 2.00. The lowest BCUT2D eigenvalue weighted by molar-refractivity contribution is -0.269. The fourth-order valence-electron chi connectivity index (χ4n) is 4.75. The Morgan fingerprint density at radius 2 is 1.50 bits per heavy atom. The highest BCUT2D eigenvalue weighted by Crippen LogP contribution is 2.38. The molecule has 1 aromatic heterocycles. The van der Waals surface area contributed by atoms with Crippen molar-refractivity contribution in [2.75, 3.05) is 13.7 Å². The van der Waals surface area contributed by atoms with E-state index in [4.69, 9.17) is 40.6 Å². The zero-order valence-corrected chi connectivity index (χ0v) is 24.9. The monoisotopic (exact) mass is 600 g/mol. The normalized spacial score (nSPS) is 21.4. The Morgan fingerprint density at radius 1 is 0.929 bits per heavy atom. The molecule has 13 heteroatoms. The molecular formula is C29H32N2O10S. The minimum atomic E-state index is -1.38. The molecule has 0 unspecified atom stereocenters. The van der Waals surface area contributed by atoms with Gasteiger partial charge in [0.25, 0.3) is 0 Å². The lowest BCUT2D eigenvalue weighted by Gasteiger charge is -2.45. The lowest BCUT2D eigenvalue weighted by Crippen LogP contribution is -2.60. The number of hydrogen-bond acceptors (Lipinski definition) is 12. The fourth-order valence-corrected chi connectivity index (χ4v) is 5.12. The van der Waals surface area contributed by atoms with Gasteiger partial charge in [0.05, 0.1) is 12.7 Å². The minimum absolute atomic E-state index is 0.0589. The summed E-state index contributed by atoms with van der Waals surface area (Å²) in [7, 11) is 1.55. The SMILES string of the molecule is CCc1cc(-c2ccc(OC)cc2)c(C#N)c(=S)n1[C@H]1O[C@@H](COC(C)=O)[C@@H](OC(C)=O)[C@@H](OC(C)=O)[C@@H]1OC(C)=O. The van der Waals surface area contributed by atoms with Crippen molar-refractivity contribution in [3.8, 4) is 22.9 Å². The van der Waals surface area contributed by atoms with Gasteiger partial charge in [-0.15, -0.1) is 0 Å². The Balaban J connectivity index is 2.28. The largest absolute Gasteiger partial charge is 0.497 e. The molecule has 0 N–H and O–H groups in total. The quantitative estimate of drug-likeness (QED) is 0.235. The average molecular weight is 601 g/mol. The van der Waals surface area contributed by atoms with Crippen LogP contribution in [0.5, 0.6) is 5.75 Å². The molecule has 1 aliphatic rings. The van der Waals surface area contributed by atoms with Crippen LogP contribution in [-0.2, 0) is 49.3 Å². The van der Waals surface area contributed by atoms with Crippen molar-refractivity contribution in [1.29, 1.82) is 5.26 Å². The average Bonchev–Trinajstić information content (AvgIpc) is 2.93. The number of methoxy groups -OCH3 is 1. The Kier molecular flexibility index (Phi) is 10.8. The van der Waals surface area contributed by atoms with E-state index in [1.54, 1.807) is 37.4 Å². The molecule has 12 nitrogen and oxygen atoms in total. The molecule has 0 saturated carbocycles. The van der Waals surface area contributed by atoms with E-state index in [1.807, 2.05) is 6.92 Å². The van der Waals surface area contributed by atoms with Crippen LogP contribution in [0.25, 0.3) is 11.1 Å². The maximum Gasteiger partial charge on any atom is 0.303 e. The van der Waals surface area contributed by atoms with E-state index in [2.05, 4.69) is 6.07 Å². The maximum atomic E-state index is 12.3. The van der Waals surface area contributed by atoms with Gasteiger partial charge in [-0.2, -0.15) is 5.26 Å². The van der Waals surface area contributed by atoms with Crippen molar-refractivity contribution in [3.63, 3.8) is 0 Å². The second kappa shape index (κ2) is 14.1. The highest BCUT2D eigenvalue weighted by atomic mass is 32.1. The van der Waals surface area contributed by atoms with Gasteiger partial charge in [-0.05, 0) is 30.2 Å². The summed E-state index contributed by atoms with van der Waals surface area (Å²) in [6, 6.07) is 11.0. The van der Waals surface area contributed by atoms with Gasteiger partial charge in [-0.25, -0.2) is 0 Å². The predicted octanol–water partition coefficient (Wildman–Crippen LogP) is 3.58. The molecule has 0 aliphatic carbocycles. The summed E-state index contributed by atoms with van der Waals surface area (Å²) in [5.74, 6) is -2.24. The van der Waals surface area contributed by atoms with Gasteiger partial charge in [0.15, 0.2) is 24.5 Å². The molecule has 3 rings (SSSR count). The third-order valence-corrected chi connectivity index (χ3v) is 6.82. The summed E-state index contributed by atoms with van der Waals surface area (Å²) in [5, 5.41) is 10.2. The van der Waals surface area contributed by atoms with Gasteiger partial charge in [-0.1, -0.05) is 31.3 Å². The molecule has 0 spiro atoms. The number of hydrogen-bond donors (Lipinski definition) is 0. The van der Waals surface area contributed by atoms with Gasteiger partial charge in [0.1, 0.15) is 29.2 Å². The molecule has 0 radical (unpaired) electrons. The number of esters is 4. The number of carbonyl (C=O) groups excluding carboxylic acids is 4. The van der Waals surface area contributed by atoms with Crippen molar-refractivity contribution in [1.82, 2.24) is 4.57 Å². The third-order valence-electron chi connectivity index (χ3n) is 6.42. The number of nitriles is 1. The first-order valence-electron chi connectivity index (χ1n) is 13.0. The Bertz CT molecular complexity index is 1450. The minimum Gasteiger partial charge on any atom is -0.497 e. The van der Waals surface area contributed by atoms with Crippen LogP contribution in [0.4, 0.5) is 0 Å². The Hall–Kier alpha value is -4.28. The van der Waals surface area contributed by atoms with E-state index in [0.29, 0.717) is 29.0 Å². The molecule has 42 heavy (non-hydrogen) atoms. The first kappa shape index (κ1) is 32.2. The second-order valence-electron chi connectivity index (χ2n) is 9.38. The molecule has 2 heterocycles. The number of aromatic nitrogens is 1. The Morgan fingerprint density at radius 3 is 2.00 bits per heavy atom. The van der Waals surface area contributed by atoms with Crippen LogP contribution in [0.3, 0.4) is 0 Å². The van der Waals surface area contributed by atoms with Crippen LogP contribution in [0, 0.1) is 16.0 Å². The predicted molar refractivity (Wildman–Crippen MR) is 149 cm³/mol. The molecule has 1 saturated heterocycles. The van der Waals surface area contributed by atoms with Gasteiger partial charge in [0.2, 0.25) is 0 Å². The molecule has 1 aromatic carbocycles. The van der Waals surface area contributed by atoms with E-state index in [9.17, 15) is 24.4 Å². The number of carbonyl (C=O) groups is 4. The van der Waals surface area contributed by atoms with E-state index in [0.717, 1.165) is 20.8 Å². The van der Waals surface area contributed by atoms with Crippen molar-refractivity contribution < 1.29 is 47.6 Å². The van der Waals surface area contributed by atoms with E-state index < -0.39 is 61.1 Å². The number of benzene rings is 1. The van der Waals surface area contributed by atoms with Gasteiger partial charge < -0.3 is 33.0 Å². The summed E-state index contributed by atoms with van der Waals surface area (Å²) in [4.78, 5) is 48.3. The van der Waals surface area contributed by atoms with Crippen molar-refractivity contribution in [3.05, 3.63) is 46.2 Å². The molecule has 0 amide bonds. The number of ether oxygens (including phenoxy) is 6. The van der Waals surface area contributed by atoms with Crippen LogP contribution in [-0.4, -0.2) is 66.6 Å². The number of rotatable bonds is 9. The first-order chi connectivity index (χ1) is 19.9. The van der Waals surface area contributed by atoms with Gasteiger partial charge in [-0.3, -0.25) is 19.2 Å². The zero-order chi connectivity index (χ0) is 31.1. The fraction of sp³-hybridized carbons (Fsp3) is 0.448. The van der Waals surface area contributed by atoms with E-state index >= 15 is 0 Å². The van der Waals surface area contributed by atoms with Crippen LogP contribution in [0.1, 0.15) is 52.1 Å². The third kappa shape index (κ3) is 7.32. The molecule has 1 fully saturated rings. The van der Waals surface area contributed by atoms with Gasteiger partial charge in [0, 0.05) is 39.0 Å². The Labute approximate surface area is 248 Å². The number of pyridine rings is 1. The summed E-state index contributed by atoms with van der Waals surface area (Å²) >= 11 is 5.82. The van der Waals surface area contributed by atoms with E-state index in [1.165, 1.54) is 11.5 Å². The van der Waals surface area contributed by atoms with Crippen LogP contribution >= 0.6 is 12.2 Å². The second-order valence-corrected chi connectivity index (χ2v) is 9.77. The highest BCUT2D eigenvalue weighted by molar-refractivity contribution is 7.71. The summed E-state index contributed by atoms with van der Waals surface area (Å²) in [6.45, 7) is 6.09. The van der Waals surface area contributed by atoms with Crippen LogP contribution < -0.4 is 4.74 Å². The topological polar surface area (TPSA) is 152 Å². The van der Waals surface area contributed by atoms with Gasteiger partial charge >= 0.3 is 23.9 Å². The van der Waals surface area contributed by atoms with Crippen molar-refractivity contribution >= 4 is 36.1 Å². The van der Waals surface area contributed by atoms with Crippen LogP contribution in [0.15, 0.2) is 30.3 Å². The molecule has 1 aliphatic heterocycles. The van der Waals surface area contributed by atoms with E-state index in [-0.39, 0.29) is 10.2 Å². The smallest absolute Gasteiger partial charge is 0.303 e.